The Balaban J connectivity index is 2.38. The lowest BCUT2D eigenvalue weighted by Crippen LogP contribution is -2.15. The van der Waals surface area contributed by atoms with E-state index in [2.05, 4.69) is 10.3 Å². The van der Waals surface area contributed by atoms with Crippen LogP contribution in [-0.4, -0.2) is 10.9 Å². The normalized spacial score (nSPS) is 10.4. The first kappa shape index (κ1) is 15.3. The van der Waals surface area contributed by atoms with Crippen LogP contribution in [0, 0.1) is 5.82 Å². The van der Waals surface area contributed by atoms with Crippen molar-refractivity contribution in [3.63, 3.8) is 0 Å². The van der Waals surface area contributed by atoms with Crippen LogP contribution in [0.3, 0.4) is 0 Å². The van der Waals surface area contributed by atoms with E-state index >= 15 is 0 Å². The van der Waals surface area contributed by atoms with Crippen molar-refractivity contribution < 1.29 is 9.18 Å². The van der Waals surface area contributed by atoms with Crippen LogP contribution in [0.5, 0.6) is 0 Å². The Morgan fingerprint density at radius 1 is 1.05 bits per heavy atom. The monoisotopic (exact) mass is 352 g/mol. The van der Waals surface area contributed by atoms with Gasteiger partial charge in [0.1, 0.15) is 16.7 Å². The van der Waals surface area contributed by atoms with E-state index in [1.807, 2.05) is 0 Å². The Bertz CT molecular complexity index is 693. The molecule has 0 bridgehead atoms. The van der Waals surface area contributed by atoms with E-state index in [1.54, 1.807) is 6.07 Å². The molecule has 20 heavy (non-hydrogen) atoms. The molecule has 8 heteroatoms. The number of nitrogens with zero attached hydrogens (tertiary/aromatic N) is 1. The third kappa shape index (κ3) is 2.99. The summed E-state index contributed by atoms with van der Waals surface area (Å²) >= 11 is 23.2. The zero-order chi connectivity index (χ0) is 14.9. The summed E-state index contributed by atoms with van der Waals surface area (Å²) in [5.74, 6) is -1.34. The maximum Gasteiger partial charge on any atom is 0.276 e. The van der Waals surface area contributed by atoms with Crippen LogP contribution >= 0.6 is 46.4 Å². The van der Waals surface area contributed by atoms with Gasteiger partial charge in [-0.2, -0.15) is 0 Å². The van der Waals surface area contributed by atoms with E-state index in [9.17, 15) is 9.18 Å². The van der Waals surface area contributed by atoms with Crippen molar-refractivity contribution in [1.82, 2.24) is 4.98 Å². The predicted octanol–water partition coefficient (Wildman–Crippen LogP) is 5.09. The number of para-hydroxylation sites is 1. The Morgan fingerprint density at radius 3 is 2.35 bits per heavy atom. The van der Waals surface area contributed by atoms with Gasteiger partial charge < -0.3 is 5.32 Å². The number of aromatic nitrogens is 1. The second-order valence-corrected chi connectivity index (χ2v) is 5.12. The zero-order valence-electron chi connectivity index (χ0n) is 9.55. The van der Waals surface area contributed by atoms with Crippen molar-refractivity contribution in [3.05, 3.63) is 56.0 Å². The molecule has 0 radical (unpaired) electrons. The second kappa shape index (κ2) is 6.14. The van der Waals surface area contributed by atoms with Crippen LogP contribution in [-0.2, 0) is 0 Å². The number of rotatable bonds is 2. The van der Waals surface area contributed by atoms with Crippen molar-refractivity contribution >= 4 is 58.0 Å². The first-order valence-electron chi connectivity index (χ1n) is 5.17. The van der Waals surface area contributed by atoms with E-state index in [-0.39, 0.29) is 31.6 Å². The fourth-order valence-electron chi connectivity index (χ4n) is 1.38. The van der Waals surface area contributed by atoms with Gasteiger partial charge >= 0.3 is 0 Å². The molecule has 0 saturated carbocycles. The molecule has 2 rings (SSSR count). The molecule has 1 aromatic heterocycles. The molecule has 0 unspecified atom stereocenters. The van der Waals surface area contributed by atoms with Gasteiger partial charge in [-0.1, -0.05) is 58.5 Å². The summed E-state index contributed by atoms with van der Waals surface area (Å²) in [5.41, 5.74) is -0.258. The molecule has 3 nitrogen and oxygen atoms in total. The molecule has 0 saturated heterocycles. The van der Waals surface area contributed by atoms with Crippen LogP contribution in [0.25, 0.3) is 0 Å². The molecule has 1 aromatic carbocycles. The second-order valence-electron chi connectivity index (χ2n) is 3.63. The molecular formula is C12H5Cl4FN2O. The van der Waals surface area contributed by atoms with Gasteiger partial charge in [-0.05, 0) is 12.1 Å². The lowest BCUT2D eigenvalue weighted by atomic mass is 10.2. The summed E-state index contributed by atoms with van der Waals surface area (Å²) in [6.07, 6.45) is 0. The third-order valence-electron chi connectivity index (χ3n) is 2.32. The van der Waals surface area contributed by atoms with Crippen LogP contribution in [0.15, 0.2) is 24.3 Å². The average Bonchev–Trinajstić information content (AvgIpc) is 2.43. The lowest BCUT2D eigenvalue weighted by Gasteiger charge is -2.09. The molecule has 0 atom stereocenters. The van der Waals surface area contributed by atoms with E-state index in [4.69, 9.17) is 46.4 Å². The number of hydrogen-bond acceptors (Lipinski definition) is 2. The minimum absolute atomic E-state index is 0.0161. The number of carbonyl (C=O) groups is 1. The number of benzene rings is 1. The van der Waals surface area contributed by atoms with Gasteiger partial charge in [-0.15, -0.1) is 0 Å². The SMILES string of the molecule is O=C(Nc1ccccc1F)c1nc(Cl)c(Cl)c(Cl)c1Cl. The Kier molecular flexibility index (Phi) is 4.70. The topological polar surface area (TPSA) is 42.0 Å². The maximum atomic E-state index is 13.4. The summed E-state index contributed by atoms with van der Waals surface area (Å²) < 4.78 is 13.4. The van der Waals surface area contributed by atoms with Crippen LogP contribution in [0.1, 0.15) is 10.5 Å². The highest BCUT2D eigenvalue weighted by molar-refractivity contribution is 6.52. The molecule has 104 valence electrons. The van der Waals surface area contributed by atoms with Crippen molar-refractivity contribution in [2.45, 2.75) is 0 Å². The van der Waals surface area contributed by atoms with Crippen LogP contribution < -0.4 is 5.32 Å². The number of nitrogens with one attached hydrogen (secondary N) is 1. The summed E-state index contributed by atoms with van der Waals surface area (Å²) in [7, 11) is 0. The standard InChI is InChI=1S/C12H5Cl4FN2O/c13-7-8(14)10(19-11(16)9(7)15)12(20)18-6-4-2-1-3-5(6)17/h1-4H,(H,18,20). The van der Waals surface area contributed by atoms with E-state index in [0.29, 0.717) is 0 Å². The minimum Gasteiger partial charge on any atom is -0.318 e. The highest BCUT2D eigenvalue weighted by Gasteiger charge is 2.20. The minimum atomic E-state index is -0.749. The Hall–Kier alpha value is -1.07. The van der Waals surface area contributed by atoms with Gasteiger partial charge in [-0.3, -0.25) is 4.79 Å². The van der Waals surface area contributed by atoms with Gasteiger partial charge in [0.15, 0.2) is 0 Å². The molecule has 1 amide bonds. The summed E-state index contributed by atoms with van der Waals surface area (Å²) in [5, 5.41) is 1.85. The predicted molar refractivity (Wildman–Crippen MR) is 78.6 cm³/mol. The molecular weight excluding hydrogens is 349 g/mol. The molecule has 1 heterocycles. The number of amides is 1. The van der Waals surface area contributed by atoms with Crippen LogP contribution in [0.2, 0.25) is 20.2 Å². The highest BCUT2D eigenvalue weighted by atomic mass is 35.5. The molecule has 0 aliphatic heterocycles. The van der Waals surface area contributed by atoms with Crippen molar-refractivity contribution in [3.8, 4) is 0 Å². The van der Waals surface area contributed by atoms with Crippen molar-refractivity contribution in [2.24, 2.45) is 0 Å². The van der Waals surface area contributed by atoms with Gasteiger partial charge in [0, 0.05) is 0 Å². The third-order valence-corrected chi connectivity index (χ3v) is 4.00. The number of pyridine rings is 1. The van der Waals surface area contributed by atoms with E-state index in [1.165, 1.54) is 18.2 Å². The van der Waals surface area contributed by atoms with E-state index in [0.717, 1.165) is 0 Å². The molecule has 0 aliphatic rings. The highest BCUT2D eigenvalue weighted by Crippen LogP contribution is 2.36. The molecule has 0 fully saturated rings. The summed E-state index contributed by atoms with van der Waals surface area (Å²) in [6, 6.07) is 5.65. The van der Waals surface area contributed by atoms with E-state index < -0.39 is 11.7 Å². The van der Waals surface area contributed by atoms with Gasteiger partial charge in [-0.25, -0.2) is 9.37 Å². The lowest BCUT2D eigenvalue weighted by molar-refractivity contribution is 0.102. The number of halogens is 5. The molecule has 1 N–H and O–H groups in total. The molecule has 0 spiro atoms. The smallest absolute Gasteiger partial charge is 0.276 e. The first-order chi connectivity index (χ1) is 9.41. The average molecular weight is 354 g/mol. The van der Waals surface area contributed by atoms with Crippen LogP contribution in [0.4, 0.5) is 10.1 Å². The fourth-order valence-corrected chi connectivity index (χ4v) is 2.20. The van der Waals surface area contributed by atoms with Crippen molar-refractivity contribution in [1.29, 1.82) is 0 Å². The number of carbonyl (C=O) groups excluding carboxylic acids is 1. The van der Waals surface area contributed by atoms with Crippen molar-refractivity contribution in [2.75, 3.05) is 5.32 Å². The molecule has 0 aliphatic carbocycles. The number of hydrogen-bond donors (Lipinski definition) is 1. The van der Waals surface area contributed by atoms with Gasteiger partial charge in [0.05, 0.1) is 20.8 Å². The fraction of sp³-hybridized carbons (Fsp3) is 0. The quantitative estimate of drug-likeness (QED) is 0.764. The zero-order valence-corrected chi connectivity index (χ0v) is 12.6. The van der Waals surface area contributed by atoms with Gasteiger partial charge in [0.2, 0.25) is 0 Å². The Morgan fingerprint density at radius 2 is 1.70 bits per heavy atom. The summed E-state index contributed by atoms with van der Waals surface area (Å²) in [6.45, 7) is 0. The number of anilines is 1. The largest absolute Gasteiger partial charge is 0.318 e. The summed E-state index contributed by atoms with van der Waals surface area (Å²) in [4.78, 5) is 15.8. The Labute approximate surface area is 133 Å². The van der Waals surface area contributed by atoms with Gasteiger partial charge in [0.25, 0.3) is 5.91 Å². The maximum absolute atomic E-state index is 13.4. The first-order valence-corrected chi connectivity index (χ1v) is 6.69. The molecule has 2 aromatic rings.